The molecule has 1 fully saturated rings. The molecule has 0 radical (unpaired) electrons. The number of nitrogens with zero attached hydrogens (tertiary/aromatic N) is 1. The highest BCUT2D eigenvalue weighted by atomic mass is 19.1. The molecule has 1 saturated heterocycles. The zero-order valence-electron chi connectivity index (χ0n) is 9.54. The van der Waals surface area contributed by atoms with Gasteiger partial charge in [-0.15, -0.1) is 0 Å². The molecule has 1 aromatic carbocycles. The van der Waals surface area contributed by atoms with Crippen molar-refractivity contribution in [1.82, 2.24) is 10.2 Å². The number of likely N-dealkylation sites (N-methyl/N-ethyl adjacent to an activating group) is 1. The number of rotatable bonds is 3. The summed E-state index contributed by atoms with van der Waals surface area (Å²) < 4.78 is 12.7. The number of hydrogen-bond acceptors (Lipinski definition) is 3. The van der Waals surface area contributed by atoms with Crippen LogP contribution in [0.15, 0.2) is 24.3 Å². The molecule has 1 heterocycles. The molecule has 0 aliphatic carbocycles. The fraction of sp³-hybridized carbons (Fsp3) is 0.500. The Bertz CT molecular complexity index is 326. The van der Waals surface area contributed by atoms with Gasteiger partial charge in [0.15, 0.2) is 0 Å². The number of nitrogens with one attached hydrogen (secondary N) is 2. The second-order valence-corrected chi connectivity index (χ2v) is 4.23. The molecule has 0 aromatic heterocycles. The van der Waals surface area contributed by atoms with Crippen LogP contribution in [-0.4, -0.2) is 44.2 Å². The Balaban J connectivity index is 1.84. The summed E-state index contributed by atoms with van der Waals surface area (Å²) in [5.74, 6) is -0.193. The molecule has 0 spiro atoms. The number of benzene rings is 1. The van der Waals surface area contributed by atoms with Gasteiger partial charge in [0, 0.05) is 37.9 Å². The minimum Gasteiger partial charge on any atom is -0.383 e. The molecule has 0 saturated carbocycles. The monoisotopic (exact) mass is 223 g/mol. The van der Waals surface area contributed by atoms with E-state index in [2.05, 4.69) is 22.6 Å². The van der Waals surface area contributed by atoms with Crippen LogP contribution in [0.25, 0.3) is 0 Å². The van der Waals surface area contributed by atoms with E-state index in [0.717, 1.165) is 31.9 Å². The second-order valence-electron chi connectivity index (χ2n) is 4.23. The molecule has 2 rings (SSSR count). The van der Waals surface area contributed by atoms with Crippen LogP contribution in [0.2, 0.25) is 0 Å². The molecule has 3 nitrogen and oxygen atoms in total. The lowest BCUT2D eigenvalue weighted by atomic mass is 10.2. The molecule has 0 amide bonds. The summed E-state index contributed by atoms with van der Waals surface area (Å²) in [6.07, 6.45) is 0. The molecule has 4 heteroatoms. The quantitative estimate of drug-likeness (QED) is 0.804. The zero-order valence-corrected chi connectivity index (χ0v) is 9.54. The van der Waals surface area contributed by atoms with Gasteiger partial charge in [0.1, 0.15) is 5.82 Å². The number of hydrogen-bond donors (Lipinski definition) is 2. The first-order valence-electron chi connectivity index (χ1n) is 5.66. The van der Waals surface area contributed by atoms with Gasteiger partial charge >= 0.3 is 0 Å². The Morgan fingerprint density at radius 1 is 1.44 bits per heavy atom. The highest BCUT2D eigenvalue weighted by molar-refractivity contribution is 5.42. The van der Waals surface area contributed by atoms with Gasteiger partial charge < -0.3 is 10.6 Å². The van der Waals surface area contributed by atoms with Crippen molar-refractivity contribution < 1.29 is 4.39 Å². The van der Waals surface area contributed by atoms with E-state index in [1.165, 1.54) is 12.1 Å². The summed E-state index contributed by atoms with van der Waals surface area (Å²) in [4.78, 5) is 2.34. The molecular formula is C12H18FN3. The minimum absolute atomic E-state index is 0.193. The standard InChI is InChI=1S/C12H18FN3/c1-16-7-6-14-8-12(16)9-15-11-4-2-10(13)3-5-11/h2-5,12,14-15H,6-9H2,1H3. The predicted molar refractivity (Wildman–Crippen MR) is 64.2 cm³/mol. The van der Waals surface area contributed by atoms with E-state index in [4.69, 9.17) is 0 Å². The summed E-state index contributed by atoms with van der Waals surface area (Å²) in [5, 5.41) is 6.69. The van der Waals surface area contributed by atoms with Crippen LogP contribution in [0, 0.1) is 5.82 Å². The third-order valence-corrected chi connectivity index (χ3v) is 3.03. The van der Waals surface area contributed by atoms with Gasteiger partial charge in [0.25, 0.3) is 0 Å². The Labute approximate surface area is 95.6 Å². The van der Waals surface area contributed by atoms with E-state index in [0.29, 0.717) is 6.04 Å². The Morgan fingerprint density at radius 2 is 2.19 bits per heavy atom. The smallest absolute Gasteiger partial charge is 0.123 e. The molecule has 1 aliphatic rings. The van der Waals surface area contributed by atoms with Crippen LogP contribution in [-0.2, 0) is 0 Å². The third-order valence-electron chi connectivity index (χ3n) is 3.03. The first-order chi connectivity index (χ1) is 7.75. The van der Waals surface area contributed by atoms with E-state index in [1.54, 1.807) is 12.1 Å². The summed E-state index contributed by atoms with van der Waals surface area (Å²) in [7, 11) is 2.14. The van der Waals surface area contributed by atoms with Crippen molar-refractivity contribution >= 4 is 5.69 Å². The summed E-state index contributed by atoms with van der Waals surface area (Å²) in [6, 6.07) is 6.99. The summed E-state index contributed by atoms with van der Waals surface area (Å²) >= 11 is 0. The topological polar surface area (TPSA) is 27.3 Å². The third kappa shape index (κ3) is 2.93. The predicted octanol–water partition coefficient (Wildman–Crippen LogP) is 1.14. The fourth-order valence-electron chi connectivity index (χ4n) is 1.89. The number of anilines is 1. The van der Waals surface area contributed by atoms with E-state index < -0.39 is 0 Å². The largest absolute Gasteiger partial charge is 0.383 e. The SMILES string of the molecule is CN1CCNCC1CNc1ccc(F)cc1. The molecule has 2 N–H and O–H groups in total. The van der Waals surface area contributed by atoms with Crippen molar-refractivity contribution in [2.75, 3.05) is 38.5 Å². The van der Waals surface area contributed by atoms with E-state index in [9.17, 15) is 4.39 Å². The van der Waals surface area contributed by atoms with Crippen LogP contribution >= 0.6 is 0 Å². The van der Waals surface area contributed by atoms with Crippen LogP contribution in [0.3, 0.4) is 0 Å². The van der Waals surface area contributed by atoms with Crippen molar-refractivity contribution in [3.8, 4) is 0 Å². The van der Waals surface area contributed by atoms with Gasteiger partial charge in [-0.2, -0.15) is 0 Å². The number of piperazine rings is 1. The van der Waals surface area contributed by atoms with E-state index >= 15 is 0 Å². The van der Waals surface area contributed by atoms with Crippen molar-refractivity contribution in [3.63, 3.8) is 0 Å². The Morgan fingerprint density at radius 3 is 2.88 bits per heavy atom. The lowest BCUT2D eigenvalue weighted by Crippen LogP contribution is -2.52. The maximum absolute atomic E-state index is 12.7. The van der Waals surface area contributed by atoms with Crippen molar-refractivity contribution in [2.45, 2.75) is 6.04 Å². The van der Waals surface area contributed by atoms with Gasteiger partial charge in [-0.25, -0.2) is 4.39 Å². The van der Waals surface area contributed by atoms with Gasteiger partial charge in [-0.05, 0) is 31.3 Å². The van der Waals surface area contributed by atoms with Crippen molar-refractivity contribution in [2.24, 2.45) is 0 Å². The zero-order chi connectivity index (χ0) is 11.4. The van der Waals surface area contributed by atoms with Crippen LogP contribution in [0.4, 0.5) is 10.1 Å². The lowest BCUT2D eigenvalue weighted by molar-refractivity contribution is 0.209. The molecule has 1 aromatic rings. The van der Waals surface area contributed by atoms with E-state index in [-0.39, 0.29) is 5.82 Å². The maximum Gasteiger partial charge on any atom is 0.123 e. The normalized spacial score (nSPS) is 22.0. The maximum atomic E-state index is 12.7. The van der Waals surface area contributed by atoms with Crippen LogP contribution in [0.1, 0.15) is 0 Å². The lowest BCUT2D eigenvalue weighted by Gasteiger charge is -2.33. The molecule has 1 unspecified atom stereocenters. The first kappa shape index (κ1) is 11.4. The molecule has 88 valence electrons. The summed E-state index contributed by atoms with van der Waals surface area (Å²) in [5.41, 5.74) is 0.973. The van der Waals surface area contributed by atoms with Gasteiger partial charge in [-0.3, -0.25) is 4.90 Å². The average Bonchev–Trinajstić information content (AvgIpc) is 2.30. The van der Waals surface area contributed by atoms with Gasteiger partial charge in [0.2, 0.25) is 0 Å². The first-order valence-corrected chi connectivity index (χ1v) is 5.66. The highest BCUT2D eigenvalue weighted by Crippen LogP contribution is 2.09. The molecule has 1 aliphatic heterocycles. The second kappa shape index (κ2) is 5.27. The minimum atomic E-state index is -0.193. The Hall–Kier alpha value is -1.13. The Kier molecular flexibility index (Phi) is 3.74. The van der Waals surface area contributed by atoms with Crippen molar-refractivity contribution in [3.05, 3.63) is 30.1 Å². The van der Waals surface area contributed by atoms with Gasteiger partial charge in [0.05, 0.1) is 0 Å². The summed E-state index contributed by atoms with van der Waals surface area (Å²) in [6.45, 7) is 4.03. The van der Waals surface area contributed by atoms with E-state index in [1.807, 2.05) is 0 Å². The molecule has 16 heavy (non-hydrogen) atoms. The average molecular weight is 223 g/mol. The molecular weight excluding hydrogens is 205 g/mol. The van der Waals surface area contributed by atoms with Crippen molar-refractivity contribution in [1.29, 1.82) is 0 Å². The highest BCUT2D eigenvalue weighted by Gasteiger charge is 2.17. The van der Waals surface area contributed by atoms with Crippen LogP contribution < -0.4 is 10.6 Å². The molecule has 0 bridgehead atoms. The van der Waals surface area contributed by atoms with Crippen LogP contribution in [0.5, 0.6) is 0 Å². The molecule has 1 atom stereocenters. The van der Waals surface area contributed by atoms with Gasteiger partial charge in [-0.1, -0.05) is 0 Å². The number of halogens is 1. The fourth-order valence-corrected chi connectivity index (χ4v) is 1.89.